The molecular formula is C48H96N2O6P+. The van der Waals surface area contributed by atoms with Crippen LogP contribution in [0.4, 0.5) is 0 Å². The number of nitrogens with one attached hydrogen (secondary N) is 1. The van der Waals surface area contributed by atoms with E-state index in [0.29, 0.717) is 17.4 Å². The first kappa shape index (κ1) is 56.0. The molecule has 0 aromatic heterocycles. The van der Waals surface area contributed by atoms with Gasteiger partial charge >= 0.3 is 7.82 Å². The lowest BCUT2D eigenvalue weighted by molar-refractivity contribution is -0.870. The van der Waals surface area contributed by atoms with Crippen LogP contribution in [0.2, 0.25) is 0 Å². The number of hydrogen-bond acceptors (Lipinski definition) is 5. The van der Waals surface area contributed by atoms with Crippen molar-refractivity contribution < 1.29 is 32.9 Å². The van der Waals surface area contributed by atoms with Crippen LogP contribution in [-0.4, -0.2) is 73.4 Å². The summed E-state index contributed by atoms with van der Waals surface area (Å²) in [5, 5.41) is 13.8. The monoisotopic (exact) mass is 828 g/mol. The molecule has 3 N–H and O–H groups in total. The van der Waals surface area contributed by atoms with E-state index in [1.807, 2.05) is 27.2 Å². The van der Waals surface area contributed by atoms with Crippen molar-refractivity contribution in [3.8, 4) is 0 Å². The Labute approximate surface area is 354 Å². The van der Waals surface area contributed by atoms with Gasteiger partial charge in [-0.3, -0.25) is 13.8 Å². The first-order chi connectivity index (χ1) is 27.5. The summed E-state index contributed by atoms with van der Waals surface area (Å²) in [5.74, 6) is -0.184. The number of phosphoric acid groups is 1. The van der Waals surface area contributed by atoms with Crippen LogP contribution in [0.25, 0.3) is 0 Å². The maximum atomic E-state index is 12.9. The van der Waals surface area contributed by atoms with Crippen LogP contribution in [0.3, 0.4) is 0 Å². The molecule has 0 heterocycles. The van der Waals surface area contributed by atoms with Crippen molar-refractivity contribution in [3.05, 3.63) is 24.3 Å². The van der Waals surface area contributed by atoms with E-state index < -0.39 is 20.0 Å². The molecular weight excluding hydrogens is 732 g/mol. The van der Waals surface area contributed by atoms with E-state index in [0.717, 1.165) is 38.5 Å². The van der Waals surface area contributed by atoms with Gasteiger partial charge in [-0.25, -0.2) is 4.57 Å². The van der Waals surface area contributed by atoms with Crippen LogP contribution in [0.1, 0.15) is 226 Å². The van der Waals surface area contributed by atoms with Gasteiger partial charge in [0.15, 0.2) is 0 Å². The third kappa shape index (κ3) is 42.9. The lowest BCUT2D eigenvalue weighted by Gasteiger charge is -2.25. The number of carbonyl (C=O) groups is 1. The van der Waals surface area contributed by atoms with Crippen LogP contribution in [-0.2, 0) is 18.4 Å². The molecule has 3 atom stereocenters. The molecule has 0 saturated heterocycles. The zero-order valence-electron chi connectivity index (χ0n) is 38.3. The average Bonchev–Trinajstić information content (AvgIpc) is 3.16. The van der Waals surface area contributed by atoms with Gasteiger partial charge in [0.2, 0.25) is 5.91 Å². The Morgan fingerprint density at radius 3 is 1.40 bits per heavy atom. The number of allylic oxidation sites excluding steroid dienone is 3. The SMILES string of the molecule is CCCCCCCCCCCCC/C=C/CC/C=C/C(O)C(COP(=O)(O)OCC[N+](C)(C)C)NC(=O)CCCCCCCCCCCCCCCCCCCC. The van der Waals surface area contributed by atoms with Crippen molar-refractivity contribution in [1.82, 2.24) is 5.32 Å². The lowest BCUT2D eigenvalue weighted by atomic mass is 10.0. The largest absolute Gasteiger partial charge is 0.472 e. The van der Waals surface area contributed by atoms with Crippen LogP contribution in [0.15, 0.2) is 24.3 Å². The van der Waals surface area contributed by atoms with Gasteiger partial charge in [-0.05, 0) is 32.1 Å². The Hall–Kier alpha value is -1.02. The zero-order chi connectivity index (χ0) is 42.1. The number of rotatable bonds is 44. The van der Waals surface area contributed by atoms with Crippen LogP contribution >= 0.6 is 7.82 Å². The number of aliphatic hydroxyl groups is 1. The topological polar surface area (TPSA) is 105 Å². The normalized spacial score (nSPS) is 14.4. The fraction of sp³-hybridized carbons (Fsp3) is 0.896. The minimum Gasteiger partial charge on any atom is -0.387 e. The van der Waals surface area contributed by atoms with Gasteiger partial charge in [0.1, 0.15) is 13.2 Å². The number of unbranched alkanes of at least 4 members (excludes halogenated alkanes) is 29. The quantitative estimate of drug-likeness (QED) is 0.0244. The summed E-state index contributed by atoms with van der Waals surface area (Å²) in [7, 11) is 1.56. The van der Waals surface area contributed by atoms with E-state index in [1.54, 1.807) is 6.08 Å². The Bertz CT molecular complexity index is 984. The molecule has 0 fully saturated rings. The molecule has 57 heavy (non-hydrogen) atoms. The standard InChI is InChI=1S/C48H95N2O6P/c1-6-8-10-12-14-16-18-20-22-24-26-28-30-32-34-36-38-40-42-48(52)49-46(45-56-57(53,54)55-44-43-50(3,4)5)47(51)41-39-37-35-33-31-29-27-25-23-21-19-17-15-13-11-9-7-2/h31,33,39,41,46-47,51H,6-30,32,34-38,40,42-45H2,1-5H3,(H-,49,52,53,54)/p+1/b33-31+,41-39+. The van der Waals surface area contributed by atoms with Crippen LogP contribution in [0.5, 0.6) is 0 Å². The molecule has 0 aliphatic rings. The van der Waals surface area contributed by atoms with Crippen molar-refractivity contribution in [2.75, 3.05) is 40.9 Å². The van der Waals surface area contributed by atoms with Gasteiger partial charge in [0, 0.05) is 6.42 Å². The van der Waals surface area contributed by atoms with Gasteiger partial charge < -0.3 is 19.8 Å². The summed E-state index contributed by atoms with van der Waals surface area (Å²) in [6.07, 6.45) is 48.2. The highest BCUT2D eigenvalue weighted by Crippen LogP contribution is 2.43. The first-order valence-electron chi connectivity index (χ1n) is 24.2. The zero-order valence-corrected chi connectivity index (χ0v) is 39.2. The first-order valence-corrected chi connectivity index (χ1v) is 25.7. The van der Waals surface area contributed by atoms with Crippen LogP contribution < -0.4 is 5.32 Å². The van der Waals surface area contributed by atoms with E-state index in [4.69, 9.17) is 9.05 Å². The maximum Gasteiger partial charge on any atom is 0.472 e. The fourth-order valence-electron chi connectivity index (χ4n) is 7.06. The number of likely N-dealkylation sites (N-methyl/N-ethyl adjacent to an activating group) is 1. The van der Waals surface area contributed by atoms with Gasteiger partial charge in [-0.1, -0.05) is 212 Å². The summed E-state index contributed by atoms with van der Waals surface area (Å²) in [4.78, 5) is 23.2. The Morgan fingerprint density at radius 1 is 0.579 bits per heavy atom. The maximum absolute atomic E-state index is 12.9. The Balaban J connectivity index is 4.38. The number of amides is 1. The summed E-state index contributed by atoms with van der Waals surface area (Å²) in [6.45, 7) is 4.81. The molecule has 0 rings (SSSR count). The highest BCUT2D eigenvalue weighted by Gasteiger charge is 2.27. The molecule has 0 bridgehead atoms. The number of phosphoric ester groups is 1. The summed E-state index contributed by atoms with van der Waals surface area (Å²) < 4.78 is 23.6. The minimum atomic E-state index is -4.34. The van der Waals surface area contributed by atoms with Crippen molar-refractivity contribution in [1.29, 1.82) is 0 Å². The second kappa shape index (κ2) is 40.4. The van der Waals surface area contributed by atoms with Gasteiger partial charge in [0.05, 0.1) is 39.9 Å². The smallest absolute Gasteiger partial charge is 0.387 e. The highest BCUT2D eigenvalue weighted by molar-refractivity contribution is 7.47. The van der Waals surface area contributed by atoms with Gasteiger partial charge in [-0.2, -0.15) is 0 Å². The van der Waals surface area contributed by atoms with Crippen molar-refractivity contribution in [2.45, 2.75) is 238 Å². The molecule has 0 aliphatic heterocycles. The molecule has 0 spiro atoms. The predicted octanol–water partition coefficient (Wildman–Crippen LogP) is 13.7. The highest BCUT2D eigenvalue weighted by atomic mass is 31.2. The van der Waals surface area contributed by atoms with E-state index in [2.05, 4.69) is 31.3 Å². The van der Waals surface area contributed by atoms with Gasteiger partial charge in [0.25, 0.3) is 0 Å². The molecule has 0 aromatic carbocycles. The molecule has 0 aliphatic carbocycles. The number of nitrogens with zero attached hydrogens (tertiary/aromatic N) is 1. The van der Waals surface area contributed by atoms with Crippen molar-refractivity contribution in [2.24, 2.45) is 0 Å². The van der Waals surface area contributed by atoms with Crippen molar-refractivity contribution in [3.63, 3.8) is 0 Å². The molecule has 3 unspecified atom stereocenters. The third-order valence-corrected chi connectivity index (χ3v) is 11.9. The molecule has 0 saturated carbocycles. The molecule has 9 heteroatoms. The number of quaternary nitrogens is 1. The third-order valence-electron chi connectivity index (χ3n) is 10.9. The number of carbonyl (C=O) groups excluding carboxylic acids is 1. The summed E-state index contributed by atoms with van der Waals surface area (Å²) in [5.41, 5.74) is 0. The van der Waals surface area contributed by atoms with E-state index in [1.165, 1.54) is 167 Å². The summed E-state index contributed by atoms with van der Waals surface area (Å²) in [6, 6.07) is -0.858. The van der Waals surface area contributed by atoms with E-state index in [9.17, 15) is 19.4 Å². The minimum absolute atomic E-state index is 0.0584. The fourth-order valence-corrected chi connectivity index (χ4v) is 7.79. The molecule has 0 radical (unpaired) electrons. The van der Waals surface area contributed by atoms with E-state index in [-0.39, 0.29) is 19.1 Å². The number of hydrogen-bond donors (Lipinski definition) is 3. The lowest BCUT2D eigenvalue weighted by Crippen LogP contribution is -2.45. The van der Waals surface area contributed by atoms with Gasteiger partial charge in [-0.15, -0.1) is 0 Å². The molecule has 8 nitrogen and oxygen atoms in total. The second-order valence-electron chi connectivity index (χ2n) is 17.8. The van der Waals surface area contributed by atoms with Crippen molar-refractivity contribution >= 4 is 13.7 Å². The predicted molar refractivity (Wildman–Crippen MR) is 245 cm³/mol. The molecule has 0 aromatic rings. The van der Waals surface area contributed by atoms with E-state index >= 15 is 0 Å². The second-order valence-corrected chi connectivity index (χ2v) is 19.3. The van der Waals surface area contributed by atoms with Crippen LogP contribution in [0, 0.1) is 0 Å². The number of aliphatic hydroxyl groups excluding tert-OH is 1. The summed E-state index contributed by atoms with van der Waals surface area (Å²) >= 11 is 0. The molecule has 338 valence electrons. The Kier molecular flexibility index (Phi) is 39.7. The Morgan fingerprint density at radius 2 is 0.965 bits per heavy atom. The average molecular weight is 828 g/mol. The molecule has 1 amide bonds.